The van der Waals surface area contributed by atoms with E-state index < -0.39 is 0 Å². The smallest absolute Gasteiger partial charge is 0.246 e. The summed E-state index contributed by atoms with van der Waals surface area (Å²) in [6.45, 7) is 2.69. The molecular formula is C14H22N4O3. The number of nitrogens with one attached hydrogen (secondary N) is 1. The van der Waals surface area contributed by atoms with Crippen LogP contribution in [-0.4, -0.2) is 61.9 Å². The maximum atomic E-state index is 11.8. The molecule has 0 aliphatic carbocycles. The number of carbonyl (C=O) groups is 1. The number of methoxy groups -OCH3 is 1. The topological polar surface area (TPSA) is 76.6 Å². The van der Waals surface area contributed by atoms with Gasteiger partial charge in [0.1, 0.15) is 12.4 Å². The standard InChI is InChI=1S/C14H22N4O3/c1-20-7-8-21-11-14(19)17-12-3-2-6-18(10-12)13-9-15-4-5-16-13/h4-5,9,12H,2-3,6-8,10-11H2,1H3,(H,17,19). The van der Waals surface area contributed by atoms with Crippen LogP contribution in [0.1, 0.15) is 12.8 Å². The number of piperidine rings is 1. The number of aromatic nitrogens is 2. The average molecular weight is 294 g/mol. The number of hydrogen-bond donors (Lipinski definition) is 1. The molecule has 0 bridgehead atoms. The van der Waals surface area contributed by atoms with Crippen LogP contribution in [0.15, 0.2) is 18.6 Å². The lowest BCUT2D eigenvalue weighted by atomic mass is 10.1. The van der Waals surface area contributed by atoms with Crippen LogP contribution in [0, 0.1) is 0 Å². The first kappa shape index (κ1) is 15.7. The van der Waals surface area contributed by atoms with E-state index in [4.69, 9.17) is 9.47 Å². The molecule has 1 aromatic rings. The van der Waals surface area contributed by atoms with Crippen molar-refractivity contribution >= 4 is 11.7 Å². The van der Waals surface area contributed by atoms with Gasteiger partial charge in [-0.05, 0) is 12.8 Å². The Balaban J connectivity index is 1.75. The van der Waals surface area contributed by atoms with E-state index in [0.717, 1.165) is 31.7 Å². The lowest BCUT2D eigenvalue weighted by Crippen LogP contribution is -2.49. The highest BCUT2D eigenvalue weighted by Crippen LogP contribution is 2.16. The van der Waals surface area contributed by atoms with Crippen molar-refractivity contribution in [2.24, 2.45) is 0 Å². The van der Waals surface area contributed by atoms with Crippen LogP contribution >= 0.6 is 0 Å². The fraction of sp³-hybridized carbons (Fsp3) is 0.643. The molecule has 1 atom stereocenters. The monoisotopic (exact) mass is 294 g/mol. The van der Waals surface area contributed by atoms with Crippen molar-refractivity contribution in [3.8, 4) is 0 Å². The van der Waals surface area contributed by atoms with Crippen molar-refractivity contribution in [3.63, 3.8) is 0 Å². The Labute approximate surface area is 124 Å². The Hall–Kier alpha value is -1.73. The minimum atomic E-state index is -0.0860. The maximum Gasteiger partial charge on any atom is 0.246 e. The molecule has 0 aromatic carbocycles. The summed E-state index contributed by atoms with van der Waals surface area (Å²) in [5.41, 5.74) is 0. The van der Waals surface area contributed by atoms with Crippen molar-refractivity contribution in [1.82, 2.24) is 15.3 Å². The second-order valence-electron chi connectivity index (χ2n) is 4.96. The summed E-state index contributed by atoms with van der Waals surface area (Å²) in [6.07, 6.45) is 7.08. The van der Waals surface area contributed by atoms with Crippen LogP contribution in [0.25, 0.3) is 0 Å². The zero-order chi connectivity index (χ0) is 14.9. The first-order chi connectivity index (χ1) is 10.3. The van der Waals surface area contributed by atoms with E-state index in [0.29, 0.717) is 13.2 Å². The van der Waals surface area contributed by atoms with E-state index >= 15 is 0 Å². The van der Waals surface area contributed by atoms with E-state index in [1.165, 1.54) is 0 Å². The molecule has 21 heavy (non-hydrogen) atoms. The SMILES string of the molecule is COCCOCC(=O)NC1CCCN(c2cnccn2)C1. The summed E-state index contributed by atoms with van der Waals surface area (Å²) in [5.74, 6) is 0.768. The van der Waals surface area contributed by atoms with Gasteiger partial charge in [-0.2, -0.15) is 0 Å². The molecule has 2 heterocycles. The molecule has 1 unspecified atom stereocenters. The predicted octanol–water partition coefficient (Wildman–Crippen LogP) is 0.225. The van der Waals surface area contributed by atoms with Gasteiger partial charge in [-0.3, -0.25) is 9.78 Å². The van der Waals surface area contributed by atoms with Gasteiger partial charge in [0.15, 0.2) is 0 Å². The van der Waals surface area contributed by atoms with Crippen LogP contribution in [0.4, 0.5) is 5.82 Å². The lowest BCUT2D eigenvalue weighted by Gasteiger charge is -2.33. The number of anilines is 1. The van der Waals surface area contributed by atoms with Gasteiger partial charge in [0, 0.05) is 38.6 Å². The number of hydrogen-bond acceptors (Lipinski definition) is 6. The van der Waals surface area contributed by atoms with Crippen LogP contribution in [0.3, 0.4) is 0 Å². The normalized spacial score (nSPS) is 18.5. The van der Waals surface area contributed by atoms with Crippen molar-refractivity contribution in [1.29, 1.82) is 0 Å². The van der Waals surface area contributed by atoms with Crippen LogP contribution in [-0.2, 0) is 14.3 Å². The Morgan fingerprint density at radius 1 is 1.48 bits per heavy atom. The van der Waals surface area contributed by atoms with Gasteiger partial charge in [0.2, 0.25) is 5.91 Å². The van der Waals surface area contributed by atoms with E-state index in [1.807, 2.05) is 0 Å². The van der Waals surface area contributed by atoms with Crippen molar-refractivity contribution < 1.29 is 14.3 Å². The van der Waals surface area contributed by atoms with Crippen molar-refractivity contribution in [2.75, 3.05) is 44.9 Å². The van der Waals surface area contributed by atoms with Gasteiger partial charge in [-0.15, -0.1) is 0 Å². The third-order valence-corrected chi connectivity index (χ3v) is 3.32. The number of nitrogens with zero attached hydrogens (tertiary/aromatic N) is 3. The second-order valence-corrected chi connectivity index (χ2v) is 4.96. The molecule has 0 spiro atoms. The van der Waals surface area contributed by atoms with E-state index in [-0.39, 0.29) is 18.6 Å². The quantitative estimate of drug-likeness (QED) is 0.725. The van der Waals surface area contributed by atoms with Gasteiger partial charge in [-0.25, -0.2) is 4.98 Å². The predicted molar refractivity (Wildman–Crippen MR) is 78.1 cm³/mol. The molecule has 0 saturated carbocycles. The van der Waals surface area contributed by atoms with Gasteiger partial charge < -0.3 is 19.7 Å². The fourth-order valence-corrected chi connectivity index (χ4v) is 2.33. The van der Waals surface area contributed by atoms with E-state index in [1.54, 1.807) is 25.7 Å². The van der Waals surface area contributed by atoms with Crippen molar-refractivity contribution in [3.05, 3.63) is 18.6 Å². The number of rotatable bonds is 7. The summed E-state index contributed by atoms with van der Waals surface area (Å²) < 4.78 is 10.1. The lowest BCUT2D eigenvalue weighted by molar-refractivity contribution is -0.126. The first-order valence-corrected chi connectivity index (χ1v) is 7.16. The zero-order valence-corrected chi connectivity index (χ0v) is 12.3. The van der Waals surface area contributed by atoms with Crippen molar-refractivity contribution in [2.45, 2.75) is 18.9 Å². The average Bonchev–Trinajstić information content (AvgIpc) is 2.53. The Morgan fingerprint density at radius 3 is 3.14 bits per heavy atom. The molecule has 1 aliphatic heterocycles. The van der Waals surface area contributed by atoms with Crippen LogP contribution < -0.4 is 10.2 Å². The van der Waals surface area contributed by atoms with E-state index in [2.05, 4.69) is 20.2 Å². The van der Waals surface area contributed by atoms with Crippen LogP contribution in [0.5, 0.6) is 0 Å². The third-order valence-electron chi connectivity index (χ3n) is 3.32. The summed E-state index contributed by atoms with van der Waals surface area (Å²) in [5, 5.41) is 3.00. The minimum absolute atomic E-state index is 0.0744. The van der Waals surface area contributed by atoms with Gasteiger partial charge in [-0.1, -0.05) is 0 Å². The minimum Gasteiger partial charge on any atom is -0.382 e. The molecule has 1 aromatic heterocycles. The Bertz CT molecular complexity index is 429. The molecule has 1 amide bonds. The molecule has 0 radical (unpaired) electrons. The number of ether oxygens (including phenoxy) is 2. The summed E-state index contributed by atoms with van der Waals surface area (Å²) >= 11 is 0. The summed E-state index contributed by atoms with van der Waals surface area (Å²) in [6, 6.07) is 0.124. The summed E-state index contributed by atoms with van der Waals surface area (Å²) in [4.78, 5) is 22.3. The molecule has 1 fully saturated rings. The largest absolute Gasteiger partial charge is 0.382 e. The highest BCUT2D eigenvalue weighted by Gasteiger charge is 2.22. The summed E-state index contributed by atoms with van der Waals surface area (Å²) in [7, 11) is 1.60. The van der Waals surface area contributed by atoms with E-state index in [9.17, 15) is 4.79 Å². The molecule has 1 saturated heterocycles. The first-order valence-electron chi connectivity index (χ1n) is 7.16. The number of carbonyl (C=O) groups excluding carboxylic acids is 1. The maximum absolute atomic E-state index is 11.8. The third kappa shape index (κ3) is 5.28. The molecule has 2 rings (SSSR count). The van der Waals surface area contributed by atoms with Gasteiger partial charge >= 0.3 is 0 Å². The molecule has 7 heteroatoms. The molecule has 7 nitrogen and oxygen atoms in total. The molecular weight excluding hydrogens is 272 g/mol. The molecule has 116 valence electrons. The van der Waals surface area contributed by atoms with Gasteiger partial charge in [0.25, 0.3) is 0 Å². The zero-order valence-electron chi connectivity index (χ0n) is 12.3. The van der Waals surface area contributed by atoms with Gasteiger partial charge in [0.05, 0.1) is 19.4 Å². The Kier molecular flexibility index (Phi) is 6.36. The number of amides is 1. The second kappa shape index (κ2) is 8.53. The fourth-order valence-electron chi connectivity index (χ4n) is 2.33. The Morgan fingerprint density at radius 2 is 2.38 bits per heavy atom. The molecule has 1 aliphatic rings. The molecule has 1 N–H and O–H groups in total. The van der Waals surface area contributed by atoms with Crippen LogP contribution in [0.2, 0.25) is 0 Å². The highest BCUT2D eigenvalue weighted by molar-refractivity contribution is 5.77. The highest BCUT2D eigenvalue weighted by atomic mass is 16.5.